The monoisotopic (exact) mass is 485 g/mol. The molecule has 0 fully saturated rings. The van der Waals surface area contributed by atoms with Crippen molar-refractivity contribution in [3.05, 3.63) is 69.8 Å². The number of amides is 1. The van der Waals surface area contributed by atoms with Gasteiger partial charge in [0, 0.05) is 36.9 Å². The quantitative estimate of drug-likeness (QED) is 0.522. The third-order valence-electron chi connectivity index (χ3n) is 5.58. The lowest BCUT2D eigenvalue weighted by molar-refractivity contribution is 0.0367. The van der Waals surface area contributed by atoms with E-state index in [0.29, 0.717) is 36.9 Å². The van der Waals surface area contributed by atoms with Crippen LogP contribution in [0.5, 0.6) is 0 Å². The van der Waals surface area contributed by atoms with Crippen LogP contribution >= 0.6 is 24.8 Å². The Balaban J connectivity index is 0.00000306. The highest BCUT2D eigenvalue weighted by Crippen LogP contribution is 2.29. The summed E-state index contributed by atoms with van der Waals surface area (Å²) < 4.78 is 6.29. The van der Waals surface area contributed by atoms with Crippen LogP contribution in [-0.4, -0.2) is 49.6 Å². The molecule has 1 aliphatic rings. The van der Waals surface area contributed by atoms with Crippen LogP contribution in [0.2, 0.25) is 0 Å². The number of nitrogens with zero attached hydrogens (tertiary/aromatic N) is 4. The molecular weight excluding hydrogens is 454 g/mol. The number of aryl methyl sites for hydroxylation is 1. The standard InChI is InChI=1S/C24H29N5O2S.H2S/c1-17-26-15-20-23(27-17)28(3)11-12-29(24(20)30)19-7-4-6-18(14-19)16-31-21(9-10-25-2)22-8-5-13-32-22;/h4-8,13-15,21,25H,9-12,16H2,1-3H3;1H2/t21-;/m0./s1. The molecule has 0 saturated heterocycles. The van der Waals surface area contributed by atoms with E-state index >= 15 is 0 Å². The predicted molar refractivity (Wildman–Crippen MR) is 139 cm³/mol. The number of fused-ring (bicyclic) bond motifs is 1. The maximum absolute atomic E-state index is 13.3. The van der Waals surface area contributed by atoms with Crippen LogP contribution in [0.25, 0.3) is 0 Å². The largest absolute Gasteiger partial charge is 0.368 e. The minimum Gasteiger partial charge on any atom is -0.368 e. The summed E-state index contributed by atoms with van der Waals surface area (Å²) in [6.07, 6.45) is 2.59. The molecule has 0 bridgehead atoms. The molecular formula is C24H31N5O2S2. The molecule has 1 amide bonds. The molecule has 33 heavy (non-hydrogen) atoms. The summed E-state index contributed by atoms with van der Waals surface area (Å²) in [5, 5.41) is 5.28. The number of nitrogens with one attached hydrogen (secondary N) is 1. The predicted octanol–water partition coefficient (Wildman–Crippen LogP) is 3.92. The van der Waals surface area contributed by atoms with E-state index in [4.69, 9.17) is 4.74 Å². The van der Waals surface area contributed by atoms with Gasteiger partial charge in [0.15, 0.2) is 0 Å². The van der Waals surface area contributed by atoms with Gasteiger partial charge in [0.1, 0.15) is 17.2 Å². The molecule has 1 N–H and O–H groups in total. The second-order valence-electron chi connectivity index (χ2n) is 7.91. The number of carbonyl (C=O) groups excluding carboxylic acids is 1. The van der Waals surface area contributed by atoms with Gasteiger partial charge in [-0.1, -0.05) is 18.2 Å². The Labute approximate surface area is 206 Å². The summed E-state index contributed by atoms with van der Waals surface area (Å²) in [5.41, 5.74) is 2.43. The molecule has 3 aromatic rings. The number of carbonyl (C=O) groups is 1. The lowest BCUT2D eigenvalue weighted by Crippen LogP contribution is -2.33. The van der Waals surface area contributed by atoms with Gasteiger partial charge in [-0.3, -0.25) is 4.79 Å². The van der Waals surface area contributed by atoms with Crippen LogP contribution in [0.15, 0.2) is 48.0 Å². The average Bonchev–Trinajstić information content (AvgIpc) is 3.30. The van der Waals surface area contributed by atoms with Crippen LogP contribution in [0.3, 0.4) is 0 Å². The smallest absolute Gasteiger partial charge is 0.263 e. The number of rotatable bonds is 8. The first-order valence-electron chi connectivity index (χ1n) is 10.8. The van der Waals surface area contributed by atoms with Crippen LogP contribution < -0.4 is 15.1 Å². The molecule has 9 heteroatoms. The molecule has 4 rings (SSSR count). The van der Waals surface area contributed by atoms with Crippen LogP contribution in [0.1, 0.15) is 39.1 Å². The highest BCUT2D eigenvalue weighted by atomic mass is 32.1. The summed E-state index contributed by atoms with van der Waals surface area (Å²) in [5.74, 6) is 1.27. The zero-order chi connectivity index (χ0) is 22.5. The van der Waals surface area contributed by atoms with Gasteiger partial charge in [-0.15, -0.1) is 11.3 Å². The van der Waals surface area contributed by atoms with E-state index in [2.05, 4.69) is 32.8 Å². The van der Waals surface area contributed by atoms with Crippen molar-refractivity contribution in [2.45, 2.75) is 26.1 Å². The van der Waals surface area contributed by atoms with Crippen molar-refractivity contribution in [1.29, 1.82) is 0 Å². The first-order valence-corrected chi connectivity index (χ1v) is 11.7. The van der Waals surface area contributed by atoms with E-state index in [1.54, 1.807) is 17.5 Å². The van der Waals surface area contributed by atoms with E-state index in [0.717, 1.165) is 24.2 Å². The second kappa shape index (κ2) is 11.6. The third-order valence-corrected chi connectivity index (χ3v) is 6.54. The first kappa shape index (κ1) is 25.2. The summed E-state index contributed by atoms with van der Waals surface area (Å²) in [7, 11) is 3.91. The van der Waals surface area contributed by atoms with Crippen LogP contribution in [-0.2, 0) is 11.3 Å². The van der Waals surface area contributed by atoms with Crippen molar-refractivity contribution < 1.29 is 9.53 Å². The number of aromatic nitrogens is 2. The van der Waals surface area contributed by atoms with E-state index in [-0.39, 0.29) is 25.5 Å². The third kappa shape index (κ3) is 5.92. The number of thiophene rings is 1. The van der Waals surface area contributed by atoms with Crippen molar-refractivity contribution >= 4 is 42.2 Å². The molecule has 0 saturated carbocycles. The van der Waals surface area contributed by atoms with Gasteiger partial charge < -0.3 is 19.9 Å². The van der Waals surface area contributed by atoms with Gasteiger partial charge in [-0.05, 0) is 56.1 Å². The van der Waals surface area contributed by atoms with Crippen molar-refractivity contribution in [1.82, 2.24) is 15.3 Å². The highest BCUT2D eigenvalue weighted by Gasteiger charge is 2.27. The number of likely N-dealkylation sites (N-methyl/N-ethyl adjacent to an activating group) is 1. The zero-order valence-corrected chi connectivity index (χ0v) is 21.1. The Morgan fingerprint density at radius 2 is 2.09 bits per heavy atom. The Kier molecular flexibility index (Phi) is 8.85. The summed E-state index contributed by atoms with van der Waals surface area (Å²) in [6.45, 7) is 4.49. The lowest BCUT2D eigenvalue weighted by Gasteiger charge is -2.22. The molecule has 0 spiro atoms. The summed E-state index contributed by atoms with van der Waals surface area (Å²) >= 11 is 1.72. The summed E-state index contributed by atoms with van der Waals surface area (Å²) in [4.78, 5) is 27.1. The van der Waals surface area contributed by atoms with Crippen molar-refractivity contribution in [2.75, 3.05) is 43.5 Å². The molecule has 0 unspecified atom stereocenters. The topological polar surface area (TPSA) is 70.6 Å². The molecule has 7 nitrogen and oxygen atoms in total. The Hall–Kier alpha value is -2.46. The van der Waals surface area contributed by atoms with Gasteiger partial charge in [-0.2, -0.15) is 13.5 Å². The van der Waals surface area contributed by atoms with Crippen molar-refractivity contribution in [3.8, 4) is 0 Å². The Morgan fingerprint density at radius 3 is 2.85 bits per heavy atom. The number of ether oxygens (including phenoxy) is 1. The molecule has 2 aromatic heterocycles. The fraction of sp³-hybridized carbons (Fsp3) is 0.375. The van der Waals surface area contributed by atoms with Crippen LogP contribution in [0.4, 0.5) is 11.5 Å². The van der Waals surface area contributed by atoms with E-state index in [9.17, 15) is 4.79 Å². The molecule has 176 valence electrons. The lowest BCUT2D eigenvalue weighted by atomic mass is 10.1. The fourth-order valence-electron chi connectivity index (χ4n) is 3.82. The minimum absolute atomic E-state index is 0. The highest BCUT2D eigenvalue weighted by molar-refractivity contribution is 7.59. The number of hydrogen-bond acceptors (Lipinski definition) is 7. The van der Waals surface area contributed by atoms with Crippen molar-refractivity contribution in [3.63, 3.8) is 0 Å². The fourth-order valence-corrected chi connectivity index (χ4v) is 4.63. The number of anilines is 2. The van der Waals surface area contributed by atoms with Gasteiger partial charge in [0.25, 0.3) is 5.91 Å². The Morgan fingerprint density at radius 1 is 1.24 bits per heavy atom. The molecule has 0 radical (unpaired) electrons. The van der Waals surface area contributed by atoms with E-state index in [1.165, 1.54) is 4.88 Å². The van der Waals surface area contributed by atoms with Gasteiger partial charge in [0.05, 0.1) is 12.7 Å². The van der Waals surface area contributed by atoms with Gasteiger partial charge in [0.2, 0.25) is 0 Å². The molecule has 1 aromatic carbocycles. The minimum atomic E-state index is -0.0760. The number of benzene rings is 1. The molecule has 1 aliphatic heterocycles. The Bertz CT molecular complexity index is 1060. The molecule has 3 heterocycles. The number of hydrogen-bond donors (Lipinski definition) is 1. The van der Waals surface area contributed by atoms with Crippen molar-refractivity contribution in [2.24, 2.45) is 0 Å². The maximum atomic E-state index is 13.3. The molecule has 1 atom stereocenters. The SMILES string of the molecule is CNCC[C@H](OCc1cccc(N2CCN(C)c3nc(C)ncc3C2=O)c1)c1cccs1.S. The van der Waals surface area contributed by atoms with Gasteiger partial charge in [-0.25, -0.2) is 9.97 Å². The normalized spacial score (nSPS) is 14.5. The zero-order valence-electron chi connectivity index (χ0n) is 19.2. The second-order valence-corrected chi connectivity index (χ2v) is 8.89. The maximum Gasteiger partial charge on any atom is 0.263 e. The molecule has 0 aliphatic carbocycles. The van der Waals surface area contributed by atoms with Gasteiger partial charge >= 0.3 is 0 Å². The first-order chi connectivity index (χ1) is 15.6. The average molecular weight is 486 g/mol. The van der Waals surface area contributed by atoms with E-state index < -0.39 is 0 Å². The van der Waals surface area contributed by atoms with E-state index in [1.807, 2.05) is 55.1 Å². The van der Waals surface area contributed by atoms with Crippen LogP contribution in [0, 0.1) is 6.92 Å². The summed E-state index contributed by atoms with van der Waals surface area (Å²) in [6, 6.07) is 12.2.